The molecule has 8 heteroatoms. The molecule has 0 aromatic carbocycles. The van der Waals surface area contributed by atoms with Crippen molar-refractivity contribution in [2.45, 2.75) is 39.5 Å². The summed E-state index contributed by atoms with van der Waals surface area (Å²) in [7, 11) is 1.48. The van der Waals surface area contributed by atoms with Crippen molar-refractivity contribution < 1.29 is 9.53 Å². The molecule has 0 amide bonds. The number of rotatable bonds is 8. The third-order valence-electron chi connectivity index (χ3n) is 5.72. The third kappa shape index (κ3) is 8.41. The molecule has 2 saturated heterocycles. The number of hydrogen-bond acceptors (Lipinski definition) is 5. The fourth-order valence-electron chi connectivity index (χ4n) is 3.88. The van der Waals surface area contributed by atoms with Crippen molar-refractivity contribution in [1.29, 1.82) is 0 Å². The molecule has 2 heterocycles. The second-order valence-electron chi connectivity index (χ2n) is 7.50. The molecule has 0 aromatic rings. The zero-order valence-electron chi connectivity index (χ0n) is 18.0. The number of likely N-dealkylation sites (N-methyl/N-ethyl adjacent to an activating group) is 1. The number of nitrogens with one attached hydrogen (secondary N) is 1. The monoisotopic (exact) mass is 509 g/mol. The van der Waals surface area contributed by atoms with Crippen molar-refractivity contribution in [3.8, 4) is 0 Å². The minimum Gasteiger partial charge on any atom is -0.469 e. The van der Waals surface area contributed by atoms with E-state index in [9.17, 15) is 4.79 Å². The van der Waals surface area contributed by atoms with E-state index in [1.165, 1.54) is 52.8 Å². The molecule has 0 spiro atoms. The van der Waals surface area contributed by atoms with Gasteiger partial charge in [-0.2, -0.15) is 0 Å². The first-order valence-corrected chi connectivity index (χ1v) is 10.7. The first kappa shape index (κ1) is 25.4. The number of nitrogens with zero attached hydrogens (tertiary/aromatic N) is 4. The SMILES string of the molecule is CCNC(=NCCCCN1CCN(CC)CC1)N1CCC(C(=O)OC)CC1.I. The van der Waals surface area contributed by atoms with Crippen LogP contribution in [0.5, 0.6) is 0 Å². The van der Waals surface area contributed by atoms with Gasteiger partial charge in [-0.05, 0) is 45.7 Å². The fraction of sp³-hybridized carbons (Fsp3) is 0.900. The van der Waals surface area contributed by atoms with Crippen LogP contribution < -0.4 is 5.32 Å². The number of unbranched alkanes of at least 4 members (excludes halogenated alkanes) is 1. The van der Waals surface area contributed by atoms with Gasteiger partial charge in [0.1, 0.15) is 0 Å². The summed E-state index contributed by atoms with van der Waals surface area (Å²) in [6.45, 7) is 15.0. The first-order valence-electron chi connectivity index (χ1n) is 10.7. The van der Waals surface area contributed by atoms with Gasteiger partial charge >= 0.3 is 5.97 Å². The Bertz CT molecular complexity index is 462. The van der Waals surface area contributed by atoms with E-state index in [1.807, 2.05) is 0 Å². The smallest absolute Gasteiger partial charge is 0.308 e. The van der Waals surface area contributed by atoms with Gasteiger partial charge in [-0.15, -0.1) is 24.0 Å². The lowest BCUT2D eigenvalue weighted by molar-refractivity contribution is -0.146. The zero-order valence-corrected chi connectivity index (χ0v) is 20.3. The quantitative estimate of drug-likeness (QED) is 0.177. The summed E-state index contributed by atoms with van der Waals surface area (Å²) in [4.78, 5) is 23.9. The normalized spacial score (nSPS) is 20.0. The molecular weight excluding hydrogens is 469 g/mol. The van der Waals surface area contributed by atoms with Crippen LogP contribution in [-0.2, 0) is 9.53 Å². The summed E-state index contributed by atoms with van der Waals surface area (Å²) in [5, 5.41) is 3.41. The first-order chi connectivity index (χ1) is 13.2. The predicted octanol–water partition coefficient (Wildman–Crippen LogP) is 1.87. The number of carbonyl (C=O) groups is 1. The maximum Gasteiger partial charge on any atom is 0.308 e. The molecule has 2 aliphatic heterocycles. The minimum atomic E-state index is -0.0728. The van der Waals surface area contributed by atoms with Gasteiger partial charge in [0, 0.05) is 52.4 Å². The van der Waals surface area contributed by atoms with Gasteiger partial charge in [-0.25, -0.2) is 0 Å². The number of piperidine rings is 1. The average molecular weight is 509 g/mol. The zero-order chi connectivity index (χ0) is 19.5. The van der Waals surface area contributed by atoms with Crippen molar-refractivity contribution in [2.75, 3.05) is 72.6 Å². The lowest BCUT2D eigenvalue weighted by Gasteiger charge is -2.34. The summed E-state index contributed by atoms with van der Waals surface area (Å²) < 4.78 is 4.88. The maximum absolute atomic E-state index is 11.7. The standard InChI is InChI=1S/C20H39N5O2.HI/c1-4-21-20(25-12-8-18(9-13-25)19(26)27-3)22-10-6-7-11-24-16-14-23(5-2)15-17-24;/h18H,4-17H2,1-3H3,(H,21,22);1H. The summed E-state index contributed by atoms with van der Waals surface area (Å²) in [5.41, 5.74) is 0. The van der Waals surface area contributed by atoms with Gasteiger partial charge < -0.3 is 24.8 Å². The van der Waals surface area contributed by atoms with E-state index in [0.29, 0.717) is 0 Å². The van der Waals surface area contributed by atoms with Crippen LogP contribution in [-0.4, -0.2) is 99.2 Å². The highest BCUT2D eigenvalue weighted by molar-refractivity contribution is 14.0. The number of methoxy groups -OCH3 is 1. The van der Waals surface area contributed by atoms with Crippen LogP contribution in [0.1, 0.15) is 39.5 Å². The number of carbonyl (C=O) groups excluding carboxylic acids is 1. The van der Waals surface area contributed by atoms with E-state index in [1.54, 1.807) is 0 Å². The van der Waals surface area contributed by atoms with Gasteiger partial charge in [-0.1, -0.05) is 6.92 Å². The Morgan fingerprint density at radius 2 is 1.68 bits per heavy atom. The third-order valence-corrected chi connectivity index (χ3v) is 5.72. The molecule has 164 valence electrons. The molecule has 7 nitrogen and oxygen atoms in total. The number of halogens is 1. The van der Waals surface area contributed by atoms with Crippen LogP contribution in [0.15, 0.2) is 4.99 Å². The van der Waals surface area contributed by atoms with E-state index in [0.717, 1.165) is 51.4 Å². The molecule has 0 saturated carbocycles. The van der Waals surface area contributed by atoms with Crippen molar-refractivity contribution >= 4 is 35.9 Å². The number of guanidine groups is 1. The summed E-state index contributed by atoms with van der Waals surface area (Å²) in [5.74, 6) is 0.969. The van der Waals surface area contributed by atoms with Crippen LogP contribution >= 0.6 is 24.0 Å². The van der Waals surface area contributed by atoms with Gasteiger partial charge in [0.2, 0.25) is 0 Å². The Hall–Kier alpha value is -0.610. The number of esters is 1. The Morgan fingerprint density at radius 1 is 1.04 bits per heavy atom. The Kier molecular flexibility index (Phi) is 13.1. The van der Waals surface area contributed by atoms with Gasteiger partial charge in [0.05, 0.1) is 13.0 Å². The summed E-state index contributed by atoms with van der Waals surface area (Å²) >= 11 is 0. The van der Waals surface area contributed by atoms with E-state index >= 15 is 0 Å². The fourth-order valence-corrected chi connectivity index (χ4v) is 3.88. The lowest BCUT2D eigenvalue weighted by atomic mass is 9.97. The van der Waals surface area contributed by atoms with Crippen molar-refractivity contribution in [2.24, 2.45) is 10.9 Å². The molecule has 2 aliphatic rings. The van der Waals surface area contributed by atoms with Crippen LogP contribution in [0.4, 0.5) is 0 Å². The highest BCUT2D eigenvalue weighted by Crippen LogP contribution is 2.18. The highest BCUT2D eigenvalue weighted by atomic mass is 127. The number of aliphatic imine (C=N–C) groups is 1. The van der Waals surface area contributed by atoms with Gasteiger partial charge in [-0.3, -0.25) is 9.79 Å². The molecule has 1 N–H and O–H groups in total. The topological polar surface area (TPSA) is 60.4 Å². The predicted molar refractivity (Wildman–Crippen MR) is 125 cm³/mol. The molecule has 28 heavy (non-hydrogen) atoms. The molecule has 0 atom stereocenters. The Morgan fingerprint density at radius 3 is 2.25 bits per heavy atom. The summed E-state index contributed by atoms with van der Waals surface area (Å²) in [6, 6.07) is 0. The number of hydrogen-bond donors (Lipinski definition) is 1. The number of piperazine rings is 1. The Labute approximate surface area is 188 Å². The summed E-state index contributed by atoms with van der Waals surface area (Å²) in [6.07, 6.45) is 4.03. The lowest BCUT2D eigenvalue weighted by Crippen LogP contribution is -2.46. The highest BCUT2D eigenvalue weighted by Gasteiger charge is 2.26. The van der Waals surface area contributed by atoms with E-state index < -0.39 is 0 Å². The van der Waals surface area contributed by atoms with E-state index in [2.05, 4.69) is 33.9 Å². The minimum absolute atomic E-state index is 0. The van der Waals surface area contributed by atoms with Crippen molar-refractivity contribution in [3.63, 3.8) is 0 Å². The van der Waals surface area contributed by atoms with Crippen LogP contribution in [0.2, 0.25) is 0 Å². The molecule has 0 unspecified atom stereocenters. The van der Waals surface area contributed by atoms with E-state index in [4.69, 9.17) is 9.73 Å². The van der Waals surface area contributed by atoms with Crippen molar-refractivity contribution in [1.82, 2.24) is 20.0 Å². The largest absolute Gasteiger partial charge is 0.469 e. The van der Waals surface area contributed by atoms with Gasteiger partial charge in [0.25, 0.3) is 0 Å². The molecule has 0 bridgehead atoms. The number of likely N-dealkylation sites (tertiary alicyclic amines) is 1. The molecule has 0 aliphatic carbocycles. The second kappa shape index (κ2) is 14.4. The van der Waals surface area contributed by atoms with Gasteiger partial charge in [0.15, 0.2) is 5.96 Å². The average Bonchev–Trinajstić information content (AvgIpc) is 2.72. The maximum atomic E-state index is 11.7. The van der Waals surface area contributed by atoms with Crippen LogP contribution in [0.3, 0.4) is 0 Å². The molecular formula is C20H40IN5O2. The van der Waals surface area contributed by atoms with Crippen LogP contribution in [0.25, 0.3) is 0 Å². The number of ether oxygens (including phenoxy) is 1. The molecule has 2 rings (SSSR count). The molecule has 0 aromatic heterocycles. The Balaban J connectivity index is 0.00000392. The molecule has 0 radical (unpaired) electrons. The molecule has 2 fully saturated rings. The van der Waals surface area contributed by atoms with Crippen LogP contribution in [0, 0.1) is 5.92 Å². The van der Waals surface area contributed by atoms with E-state index in [-0.39, 0.29) is 35.9 Å². The second-order valence-corrected chi connectivity index (χ2v) is 7.50. The van der Waals surface area contributed by atoms with Crippen molar-refractivity contribution in [3.05, 3.63) is 0 Å².